The number of aromatic nitrogens is 2. The van der Waals surface area contributed by atoms with Crippen LogP contribution in [0.5, 0.6) is 5.75 Å². The van der Waals surface area contributed by atoms with Crippen molar-refractivity contribution in [3.8, 4) is 5.75 Å². The summed E-state index contributed by atoms with van der Waals surface area (Å²) in [6.07, 6.45) is 1.69. The summed E-state index contributed by atoms with van der Waals surface area (Å²) in [6, 6.07) is 10.4. The Bertz CT molecular complexity index is 805. The molecule has 1 N–H and O–H groups in total. The van der Waals surface area contributed by atoms with Crippen LogP contribution in [0.4, 0.5) is 10.4 Å². The maximum absolute atomic E-state index is 13.3. The van der Waals surface area contributed by atoms with Crippen molar-refractivity contribution in [3.05, 3.63) is 48.4 Å². The Morgan fingerprint density at radius 2 is 2.29 bits per heavy atom. The molecule has 3 heterocycles. The monoisotopic (exact) mass is 328 g/mol. The molecule has 0 bridgehead atoms. The molecule has 1 unspecified atom stereocenters. The fourth-order valence-electron chi connectivity index (χ4n) is 2.79. The third-order valence-corrected chi connectivity index (χ3v) is 3.99. The van der Waals surface area contributed by atoms with Crippen molar-refractivity contribution in [2.24, 2.45) is 0 Å². The summed E-state index contributed by atoms with van der Waals surface area (Å²) < 4.78 is 24.8. The molecule has 24 heavy (non-hydrogen) atoms. The van der Waals surface area contributed by atoms with Crippen molar-refractivity contribution in [3.63, 3.8) is 0 Å². The van der Waals surface area contributed by atoms with E-state index in [0.29, 0.717) is 29.6 Å². The van der Waals surface area contributed by atoms with Crippen molar-refractivity contribution in [2.75, 3.05) is 31.1 Å². The van der Waals surface area contributed by atoms with E-state index >= 15 is 0 Å². The van der Waals surface area contributed by atoms with E-state index in [0.717, 1.165) is 19.6 Å². The van der Waals surface area contributed by atoms with Crippen LogP contribution in [-0.2, 0) is 0 Å². The van der Waals surface area contributed by atoms with Crippen LogP contribution in [0.2, 0.25) is 0 Å². The number of halogens is 1. The number of hydrogen-bond donors (Lipinski definition) is 1. The molecule has 1 saturated heterocycles. The topological polar surface area (TPSA) is 63.4 Å². The molecule has 7 heteroatoms. The highest BCUT2D eigenvalue weighted by Gasteiger charge is 2.27. The summed E-state index contributed by atoms with van der Waals surface area (Å²) >= 11 is 0. The van der Waals surface area contributed by atoms with Gasteiger partial charge in [-0.3, -0.25) is 0 Å². The molecule has 1 aliphatic heterocycles. The number of hydrogen-bond acceptors (Lipinski definition) is 6. The minimum Gasteiger partial charge on any atom is -0.491 e. The first-order chi connectivity index (χ1) is 11.8. The van der Waals surface area contributed by atoms with E-state index in [9.17, 15) is 4.39 Å². The van der Waals surface area contributed by atoms with E-state index in [1.54, 1.807) is 18.3 Å². The van der Waals surface area contributed by atoms with Gasteiger partial charge in [0.1, 0.15) is 18.2 Å². The molecule has 1 fully saturated rings. The summed E-state index contributed by atoms with van der Waals surface area (Å²) in [5.74, 6) is 0.205. The lowest BCUT2D eigenvalue weighted by molar-refractivity contribution is 0.260. The van der Waals surface area contributed by atoms with Gasteiger partial charge in [0.05, 0.1) is 6.04 Å². The first-order valence-corrected chi connectivity index (χ1v) is 7.87. The molecule has 1 atom stereocenters. The Hall–Kier alpha value is -2.67. The van der Waals surface area contributed by atoms with Crippen LogP contribution in [-0.4, -0.2) is 42.3 Å². The number of pyridine rings is 1. The van der Waals surface area contributed by atoms with Gasteiger partial charge in [0.15, 0.2) is 5.58 Å². The molecule has 3 aromatic rings. The molecule has 0 spiro atoms. The van der Waals surface area contributed by atoms with E-state index in [1.807, 2.05) is 12.1 Å². The molecule has 4 rings (SSSR count). The predicted molar refractivity (Wildman–Crippen MR) is 87.7 cm³/mol. The minimum atomic E-state index is -0.309. The molecule has 6 nitrogen and oxygen atoms in total. The second-order valence-corrected chi connectivity index (χ2v) is 5.64. The molecular formula is C17H17FN4O2. The van der Waals surface area contributed by atoms with Crippen LogP contribution >= 0.6 is 0 Å². The van der Waals surface area contributed by atoms with Gasteiger partial charge in [0.25, 0.3) is 6.01 Å². The Balaban J connectivity index is 1.52. The van der Waals surface area contributed by atoms with Gasteiger partial charge in [-0.2, -0.15) is 4.98 Å². The van der Waals surface area contributed by atoms with E-state index in [4.69, 9.17) is 9.15 Å². The summed E-state index contributed by atoms with van der Waals surface area (Å²) in [4.78, 5) is 10.7. The molecule has 0 aliphatic carbocycles. The summed E-state index contributed by atoms with van der Waals surface area (Å²) in [6.45, 7) is 2.73. The fraction of sp³-hybridized carbons (Fsp3) is 0.294. The molecule has 1 aromatic carbocycles. The highest BCUT2D eigenvalue weighted by Crippen LogP contribution is 2.23. The van der Waals surface area contributed by atoms with Crippen molar-refractivity contribution in [1.29, 1.82) is 0 Å². The van der Waals surface area contributed by atoms with Crippen molar-refractivity contribution < 1.29 is 13.5 Å². The Labute approximate surface area is 138 Å². The molecular weight excluding hydrogens is 311 g/mol. The molecule has 124 valence electrons. The van der Waals surface area contributed by atoms with Gasteiger partial charge in [-0.25, -0.2) is 9.37 Å². The SMILES string of the molecule is Fc1cccc(OCC2CNCCN2c2nc3ncccc3o2)c1. The number of piperazine rings is 1. The summed E-state index contributed by atoms with van der Waals surface area (Å²) in [5, 5.41) is 3.34. The first kappa shape index (κ1) is 14.9. The standard InChI is InChI=1S/C17H17FN4O2/c18-12-3-1-4-14(9-12)23-11-13-10-19-7-8-22(13)17-21-16-15(24-17)5-2-6-20-16/h1-6,9,13,19H,7-8,10-11H2. The second-order valence-electron chi connectivity index (χ2n) is 5.64. The number of anilines is 1. The second kappa shape index (κ2) is 6.45. The van der Waals surface area contributed by atoms with Gasteiger partial charge in [-0.1, -0.05) is 6.07 Å². The Morgan fingerprint density at radius 1 is 1.33 bits per heavy atom. The van der Waals surface area contributed by atoms with Gasteiger partial charge < -0.3 is 19.4 Å². The van der Waals surface area contributed by atoms with Crippen molar-refractivity contribution >= 4 is 17.2 Å². The third kappa shape index (κ3) is 3.03. The van der Waals surface area contributed by atoms with Crippen LogP contribution in [0.3, 0.4) is 0 Å². The Morgan fingerprint density at radius 3 is 3.17 bits per heavy atom. The molecule has 0 saturated carbocycles. The highest BCUT2D eigenvalue weighted by atomic mass is 19.1. The predicted octanol–water partition coefficient (Wildman–Crippen LogP) is 2.22. The quantitative estimate of drug-likeness (QED) is 0.792. The van der Waals surface area contributed by atoms with Crippen LogP contribution in [0.25, 0.3) is 11.2 Å². The zero-order valence-electron chi connectivity index (χ0n) is 13.0. The first-order valence-electron chi connectivity index (χ1n) is 7.87. The molecule has 1 aliphatic rings. The van der Waals surface area contributed by atoms with Gasteiger partial charge >= 0.3 is 0 Å². The number of benzene rings is 1. The smallest absolute Gasteiger partial charge is 0.300 e. The maximum atomic E-state index is 13.3. The van der Waals surface area contributed by atoms with Crippen LogP contribution in [0.15, 0.2) is 47.0 Å². The van der Waals surface area contributed by atoms with Gasteiger partial charge in [0.2, 0.25) is 5.65 Å². The zero-order chi connectivity index (χ0) is 16.4. The van der Waals surface area contributed by atoms with Crippen molar-refractivity contribution in [2.45, 2.75) is 6.04 Å². The maximum Gasteiger partial charge on any atom is 0.300 e. The lowest BCUT2D eigenvalue weighted by Crippen LogP contribution is -2.54. The molecule has 0 radical (unpaired) electrons. The fourth-order valence-corrected chi connectivity index (χ4v) is 2.79. The van der Waals surface area contributed by atoms with E-state index in [1.165, 1.54) is 12.1 Å². The van der Waals surface area contributed by atoms with Crippen LogP contribution < -0.4 is 15.0 Å². The largest absolute Gasteiger partial charge is 0.491 e. The zero-order valence-corrected chi connectivity index (χ0v) is 13.0. The Kier molecular flexibility index (Phi) is 4.00. The summed E-state index contributed by atoms with van der Waals surface area (Å²) in [7, 11) is 0. The lowest BCUT2D eigenvalue weighted by Gasteiger charge is -2.34. The average molecular weight is 328 g/mol. The molecule has 2 aromatic heterocycles. The summed E-state index contributed by atoms with van der Waals surface area (Å²) in [5.41, 5.74) is 1.26. The molecule has 0 amide bonds. The lowest BCUT2D eigenvalue weighted by atomic mass is 10.2. The van der Waals surface area contributed by atoms with Crippen LogP contribution in [0.1, 0.15) is 0 Å². The highest BCUT2D eigenvalue weighted by molar-refractivity contribution is 5.69. The number of oxazole rings is 1. The average Bonchev–Trinajstić information content (AvgIpc) is 3.04. The van der Waals surface area contributed by atoms with E-state index < -0.39 is 0 Å². The number of fused-ring (bicyclic) bond motifs is 1. The normalized spacial score (nSPS) is 18.0. The third-order valence-electron chi connectivity index (χ3n) is 3.99. The van der Waals surface area contributed by atoms with E-state index in [-0.39, 0.29) is 11.9 Å². The van der Waals surface area contributed by atoms with Crippen molar-refractivity contribution in [1.82, 2.24) is 15.3 Å². The number of nitrogens with zero attached hydrogens (tertiary/aromatic N) is 3. The van der Waals surface area contributed by atoms with Crippen LogP contribution in [0, 0.1) is 5.82 Å². The van der Waals surface area contributed by atoms with Gasteiger partial charge in [-0.15, -0.1) is 0 Å². The number of rotatable bonds is 4. The number of ether oxygens (including phenoxy) is 1. The van der Waals surface area contributed by atoms with E-state index in [2.05, 4.69) is 20.2 Å². The van der Waals surface area contributed by atoms with Gasteiger partial charge in [0, 0.05) is 31.9 Å². The number of nitrogens with one attached hydrogen (secondary N) is 1. The van der Waals surface area contributed by atoms with Gasteiger partial charge in [-0.05, 0) is 24.3 Å². The minimum absolute atomic E-state index is 0.0371.